The van der Waals surface area contributed by atoms with Crippen molar-refractivity contribution in [1.29, 1.82) is 0 Å². The summed E-state index contributed by atoms with van der Waals surface area (Å²) < 4.78 is 41.1. The molecule has 0 fully saturated rings. The Hall–Kier alpha value is -1.98. The molecule has 0 radical (unpaired) electrons. The molecule has 0 atom stereocenters. The number of rotatable bonds is 3. The van der Waals surface area contributed by atoms with Crippen LogP contribution in [0.4, 0.5) is 18.9 Å². The number of nitrogens with zero attached hydrogens (tertiary/aromatic N) is 1. The predicted molar refractivity (Wildman–Crippen MR) is 67.4 cm³/mol. The predicted octanol–water partition coefficient (Wildman–Crippen LogP) is 3.74. The van der Waals surface area contributed by atoms with Gasteiger partial charge in [0.05, 0.1) is 0 Å². The number of pyridine rings is 1. The van der Waals surface area contributed by atoms with Crippen LogP contribution in [0.1, 0.15) is 12.6 Å². The molecule has 6 heteroatoms. The minimum absolute atomic E-state index is 0.212. The SMILES string of the molecule is CCc1cc(NC)c2cccc(OC(F)(F)F)c2n1. The van der Waals surface area contributed by atoms with Gasteiger partial charge >= 0.3 is 6.36 Å². The maximum absolute atomic E-state index is 12.4. The van der Waals surface area contributed by atoms with Gasteiger partial charge in [-0.1, -0.05) is 19.1 Å². The Balaban J connectivity index is 2.65. The summed E-state index contributed by atoms with van der Waals surface area (Å²) in [5.74, 6) is -0.281. The van der Waals surface area contributed by atoms with Gasteiger partial charge in [-0.05, 0) is 18.6 Å². The van der Waals surface area contributed by atoms with E-state index in [0.717, 1.165) is 5.69 Å². The molecule has 102 valence electrons. The Morgan fingerprint density at radius 3 is 2.63 bits per heavy atom. The monoisotopic (exact) mass is 270 g/mol. The van der Waals surface area contributed by atoms with E-state index in [1.54, 1.807) is 13.1 Å². The van der Waals surface area contributed by atoms with Crippen LogP contribution in [0.2, 0.25) is 0 Å². The van der Waals surface area contributed by atoms with Crippen LogP contribution in [0, 0.1) is 0 Å². The highest BCUT2D eigenvalue weighted by molar-refractivity contribution is 5.95. The van der Waals surface area contributed by atoms with Gasteiger partial charge in [-0.3, -0.25) is 0 Å². The zero-order chi connectivity index (χ0) is 14.0. The van der Waals surface area contributed by atoms with Crippen LogP contribution in [0.3, 0.4) is 0 Å². The number of nitrogens with one attached hydrogen (secondary N) is 1. The molecule has 0 bridgehead atoms. The third-order valence-electron chi connectivity index (χ3n) is 2.71. The molecule has 3 nitrogen and oxygen atoms in total. The summed E-state index contributed by atoms with van der Waals surface area (Å²) in [6, 6.07) is 6.30. The molecule has 0 aliphatic rings. The summed E-state index contributed by atoms with van der Waals surface area (Å²) in [6.45, 7) is 1.89. The molecule has 0 amide bonds. The lowest BCUT2D eigenvalue weighted by molar-refractivity contribution is -0.274. The van der Waals surface area contributed by atoms with Gasteiger partial charge in [0.1, 0.15) is 5.52 Å². The molecule has 19 heavy (non-hydrogen) atoms. The van der Waals surface area contributed by atoms with Crippen LogP contribution in [-0.4, -0.2) is 18.4 Å². The maximum atomic E-state index is 12.4. The number of hydrogen-bond donors (Lipinski definition) is 1. The number of fused-ring (bicyclic) bond motifs is 1. The zero-order valence-corrected chi connectivity index (χ0v) is 10.5. The smallest absolute Gasteiger partial charge is 0.403 e. The van der Waals surface area contributed by atoms with Gasteiger partial charge in [-0.2, -0.15) is 0 Å². The van der Waals surface area contributed by atoms with Crippen LogP contribution >= 0.6 is 0 Å². The Morgan fingerprint density at radius 1 is 1.32 bits per heavy atom. The Morgan fingerprint density at radius 2 is 2.05 bits per heavy atom. The number of para-hydroxylation sites is 1. The van der Waals surface area contributed by atoms with E-state index < -0.39 is 6.36 Å². The minimum atomic E-state index is -4.72. The van der Waals surface area contributed by atoms with Gasteiger partial charge in [0.2, 0.25) is 0 Å². The number of halogens is 3. The summed E-state index contributed by atoms with van der Waals surface area (Å²) >= 11 is 0. The standard InChI is InChI=1S/C13H13F3N2O/c1-3-8-7-10(17-2)9-5-4-6-11(12(9)18-8)19-13(14,15)16/h4-7H,3H2,1-2H3,(H,17,18). The lowest BCUT2D eigenvalue weighted by Gasteiger charge is -2.13. The average Bonchev–Trinajstić information content (AvgIpc) is 2.36. The van der Waals surface area contributed by atoms with Crippen molar-refractivity contribution in [2.24, 2.45) is 0 Å². The molecule has 0 unspecified atom stereocenters. The quantitative estimate of drug-likeness (QED) is 0.922. The van der Waals surface area contributed by atoms with E-state index in [2.05, 4.69) is 15.0 Å². The van der Waals surface area contributed by atoms with Crippen LogP contribution in [-0.2, 0) is 6.42 Å². The second kappa shape index (κ2) is 4.95. The number of aryl methyl sites for hydroxylation is 1. The third-order valence-corrected chi connectivity index (χ3v) is 2.71. The topological polar surface area (TPSA) is 34.1 Å². The number of ether oxygens (including phenoxy) is 1. The molecule has 1 N–H and O–H groups in total. The average molecular weight is 270 g/mol. The van der Waals surface area contributed by atoms with E-state index in [9.17, 15) is 13.2 Å². The van der Waals surface area contributed by atoms with E-state index in [1.807, 2.05) is 13.0 Å². The second-order valence-electron chi connectivity index (χ2n) is 3.96. The summed E-state index contributed by atoms with van der Waals surface area (Å²) in [5, 5.41) is 3.56. The summed E-state index contributed by atoms with van der Waals surface area (Å²) in [4.78, 5) is 4.22. The van der Waals surface area contributed by atoms with Crippen LogP contribution in [0.15, 0.2) is 24.3 Å². The highest BCUT2D eigenvalue weighted by atomic mass is 19.4. The number of aromatic nitrogens is 1. The van der Waals surface area contributed by atoms with Gasteiger partial charge < -0.3 is 10.1 Å². The Kier molecular flexibility index (Phi) is 3.50. The number of benzene rings is 1. The second-order valence-corrected chi connectivity index (χ2v) is 3.96. The molecule has 1 aromatic heterocycles. The molecule has 2 rings (SSSR count). The van der Waals surface area contributed by atoms with Crippen molar-refractivity contribution < 1.29 is 17.9 Å². The van der Waals surface area contributed by atoms with Crippen molar-refractivity contribution >= 4 is 16.6 Å². The van der Waals surface area contributed by atoms with Crippen molar-refractivity contribution in [2.45, 2.75) is 19.7 Å². The van der Waals surface area contributed by atoms with Gasteiger partial charge in [0, 0.05) is 23.8 Å². The summed E-state index contributed by atoms with van der Waals surface area (Å²) in [7, 11) is 1.71. The fourth-order valence-corrected chi connectivity index (χ4v) is 1.87. The van der Waals surface area contributed by atoms with E-state index in [4.69, 9.17) is 0 Å². The summed E-state index contributed by atoms with van der Waals surface area (Å²) in [5.41, 5.74) is 1.65. The molecule has 0 saturated carbocycles. The number of alkyl halides is 3. The Labute approximate surface area is 108 Å². The van der Waals surface area contributed by atoms with Gasteiger partial charge in [-0.25, -0.2) is 4.98 Å². The minimum Gasteiger partial charge on any atom is -0.403 e. The maximum Gasteiger partial charge on any atom is 0.573 e. The van der Waals surface area contributed by atoms with E-state index in [0.29, 0.717) is 17.5 Å². The van der Waals surface area contributed by atoms with E-state index >= 15 is 0 Å². The molecular weight excluding hydrogens is 257 g/mol. The van der Waals surface area contributed by atoms with E-state index in [-0.39, 0.29) is 11.3 Å². The normalized spacial score (nSPS) is 11.6. The van der Waals surface area contributed by atoms with Gasteiger partial charge in [0.15, 0.2) is 5.75 Å². The molecule has 1 aromatic carbocycles. The molecule has 0 aliphatic heterocycles. The van der Waals surface area contributed by atoms with E-state index in [1.165, 1.54) is 12.1 Å². The van der Waals surface area contributed by atoms with Crippen molar-refractivity contribution in [2.75, 3.05) is 12.4 Å². The highest BCUT2D eigenvalue weighted by Gasteiger charge is 2.32. The number of hydrogen-bond acceptors (Lipinski definition) is 3. The third kappa shape index (κ3) is 2.89. The summed E-state index contributed by atoms with van der Waals surface area (Å²) in [6.07, 6.45) is -4.09. The highest BCUT2D eigenvalue weighted by Crippen LogP contribution is 2.33. The largest absolute Gasteiger partial charge is 0.573 e. The van der Waals surface area contributed by atoms with Crippen molar-refractivity contribution in [3.63, 3.8) is 0 Å². The van der Waals surface area contributed by atoms with Crippen LogP contribution in [0.25, 0.3) is 10.9 Å². The first kappa shape index (κ1) is 13.5. The first-order valence-electron chi connectivity index (χ1n) is 5.80. The van der Waals surface area contributed by atoms with Crippen molar-refractivity contribution in [1.82, 2.24) is 4.98 Å². The van der Waals surface area contributed by atoms with Crippen LogP contribution < -0.4 is 10.1 Å². The molecule has 0 saturated heterocycles. The number of anilines is 1. The lowest BCUT2D eigenvalue weighted by Crippen LogP contribution is -2.17. The molecule has 1 heterocycles. The molecular formula is C13H13F3N2O. The molecule has 0 spiro atoms. The zero-order valence-electron chi connectivity index (χ0n) is 10.5. The van der Waals surface area contributed by atoms with Crippen molar-refractivity contribution in [3.8, 4) is 5.75 Å². The fraction of sp³-hybridized carbons (Fsp3) is 0.308. The van der Waals surface area contributed by atoms with Crippen molar-refractivity contribution in [3.05, 3.63) is 30.0 Å². The lowest BCUT2D eigenvalue weighted by atomic mass is 10.1. The van der Waals surface area contributed by atoms with Gasteiger partial charge in [-0.15, -0.1) is 13.2 Å². The molecule has 0 aliphatic carbocycles. The first-order valence-corrected chi connectivity index (χ1v) is 5.80. The Bertz CT molecular complexity index is 596. The van der Waals surface area contributed by atoms with Crippen LogP contribution in [0.5, 0.6) is 5.75 Å². The van der Waals surface area contributed by atoms with Gasteiger partial charge in [0.25, 0.3) is 0 Å². The molecule has 2 aromatic rings. The fourth-order valence-electron chi connectivity index (χ4n) is 1.87. The first-order chi connectivity index (χ1) is 8.94.